The van der Waals surface area contributed by atoms with Gasteiger partial charge in [0, 0.05) is 24.9 Å². The van der Waals surface area contributed by atoms with E-state index >= 15 is 0 Å². The van der Waals surface area contributed by atoms with Crippen LogP contribution in [0.25, 0.3) is 0 Å². The van der Waals surface area contributed by atoms with Crippen molar-refractivity contribution in [3.8, 4) is 0 Å². The average Bonchev–Trinajstić information content (AvgIpc) is 2.25. The third-order valence-electron chi connectivity index (χ3n) is 2.61. The molecule has 0 saturated carbocycles. The summed E-state index contributed by atoms with van der Waals surface area (Å²) in [4.78, 5) is 11.7. The van der Waals surface area contributed by atoms with E-state index in [4.69, 9.17) is 0 Å². The molecule has 2 rings (SSSR count). The summed E-state index contributed by atoms with van der Waals surface area (Å²) >= 11 is 0. The third kappa shape index (κ3) is 2.43. The number of carbonyl (C=O) groups is 1. The van der Waals surface area contributed by atoms with E-state index in [1.54, 1.807) is 12.3 Å². The zero-order chi connectivity index (χ0) is 11.4. The van der Waals surface area contributed by atoms with Crippen molar-refractivity contribution in [3.05, 3.63) is 35.2 Å². The Labute approximate surface area is 94.0 Å². The molecule has 2 N–H and O–H groups in total. The van der Waals surface area contributed by atoms with Crippen LogP contribution in [0, 0.1) is 0 Å². The lowest BCUT2D eigenvalue weighted by Gasteiger charge is -2.21. The highest BCUT2D eigenvalue weighted by atomic mass is 16.1. The van der Waals surface area contributed by atoms with E-state index < -0.39 is 0 Å². The monoisotopic (exact) mass is 218 g/mol. The second-order valence-electron chi connectivity index (χ2n) is 3.73. The molecule has 5 nitrogen and oxygen atoms in total. The van der Waals surface area contributed by atoms with Crippen LogP contribution in [0.15, 0.2) is 29.5 Å². The number of aromatic nitrogens is 2. The molecule has 0 aliphatic carbocycles. The summed E-state index contributed by atoms with van der Waals surface area (Å²) in [6, 6.07) is 3.64. The van der Waals surface area contributed by atoms with E-state index in [9.17, 15) is 4.79 Å². The van der Waals surface area contributed by atoms with Crippen molar-refractivity contribution in [1.82, 2.24) is 20.8 Å². The first-order valence-corrected chi connectivity index (χ1v) is 5.21. The predicted octanol–water partition coefficient (Wildman–Crippen LogP) is 0.0125. The predicted molar refractivity (Wildman–Crippen MR) is 59.4 cm³/mol. The summed E-state index contributed by atoms with van der Waals surface area (Å²) in [5.74, 6) is -0.0258. The quantitative estimate of drug-likeness (QED) is 0.701. The molecule has 2 heterocycles. The third-order valence-corrected chi connectivity index (χ3v) is 2.61. The van der Waals surface area contributed by atoms with Gasteiger partial charge in [0.25, 0.3) is 0 Å². The SMILES string of the molecule is CC(C(=O)NCc1cccnn1)=C1CNC1. The number of rotatable bonds is 3. The van der Waals surface area contributed by atoms with Crippen LogP contribution < -0.4 is 10.6 Å². The fraction of sp³-hybridized carbons (Fsp3) is 0.364. The largest absolute Gasteiger partial charge is 0.347 e. The minimum atomic E-state index is -0.0258. The number of nitrogens with zero attached hydrogens (tertiary/aromatic N) is 2. The topological polar surface area (TPSA) is 66.9 Å². The van der Waals surface area contributed by atoms with Crippen molar-refractivity contribution in [2.45, 2.75) is 13.5 Å². The molecule has 1 aromatic heterocycles. The van der Waals surface area contributed by atoms with Crippen molar-refractivity contribution in [2.24, 2.45) is 0 Å². The number of carbonyl (C=O) groups excluding carboxylic acids is 1. The van der Waals surface area contributed by atoms with Gasteiger partial charge in [0.05, 0.1) is 12.2 Å². The van der Waals surface area contributed by atoms with Crippen LogP contribution in [0.3, 0.4) is 0 Å². The summed E-state index contributed by atoms with van der Waals surface area (Å²) in [5.41, 5.74) is 2.75. The molecular weight excluding hydrogens is 204 g/mol. The Bertz CT molecular complexity index is 407. The Balaban J connectivity index is 1.89. The van der Waals surface area contributed by atoms with E-state index in [2.05, 4.69) is 20.8 Å². The minimum absolute atomic E-state index is 0.0258. The molecule has 16 heavy (non-hydrogen) atoms. The lowest BCUT2D eigenvalue weighted by Crippen LogP contribution is -2.37. The van der Waals surface area contributed by atoms with Gasteiger partial charge in [0.15, 0.2) is 0 Å². The first-order valence-electron chi connectivity index (χ1n) is 5.21. The maximum Gasteiger partial charge on any atom is 0.247 e. The van der Waals surface area contributed by atoms with Crippen LogP contribution >= 0.6 is 0 Å². The lowest BCUT2D eigenvalue weighted by atomic mass is 10.0. The van der Waals surface area contributed by atoms with Gasteiger partial charge in [0.2, 0.25) is 5.91 Å². The Morgan fingerprint density at radius 2 is 2.38 bits per heavy atom. The molecule has 1 aliphatic rings. The van der Waals surface area contributed by atoms with Crippen molar-refractivity contribution >= 4 is 5.91 Å². The molecule has 1 amide bonds. The summed E-state index contributed by atoms with van der Waals surface area (Å²) in [6.07, 6.45) is 1.61. The summed E-state index contributed by atoms with van der Waals surface area (Å²) in [5, 5.41) is 13.6. The molecule has 0 atom stereocenters. The van der Waals surface area contributed by atoms with Crippen LogP contribution in [-0.4, -0.2) is 29.2 Å². The number of hydrogen-bond donors (Lipinski definition) is 2. The van der Waals surface area contributed by atoms with E-state index in [-0.39, 0.29) is 5.91 Å². The number of nitrogens with one attached hydrogen (secondary N) is 2. The van der Waals surface area contributed by atoms with E-state index in [1.807, 2.05) is 13.0 Å². The number of hydrogen-bond acceptors (Lipinski definition) is 4. The molecule has 0 radical (unpaired) electrons. The van der Waals surface area contributed by atoms with Gasteiger partial charge >= 0.3 is 0 Å². The zero-order valence-electron chi connectivity index (χ0n) is 9.16. The van der Waals surface area contributed by atoms with Crippen LogP contribution in [0.4, 0.5) is 0 Å². The van der Waals surface area contributed by atoms with Crippen LogP contribution in [0.5, 0.6) is 0 Å². The molecule has 0 unspecified atom stereocenters. The van der Waals surface area contributed by atoms with Gasteiger partial charge in [-0.1, -0.05) is 0 Å². The second-order valence-corrected chi connectivity index (χ2v) is 3.73. The first-order chi connectivity index (χ1) is 7.77. The van der Waals surface area contributed by atoms with Crippen molar-refractivity contribution < 1.29 is 4.79 Å². The summed E-state index contributed by atoms with van der Waals surface area (Å²) < 4.78 is 0. The second kappa shape index (κ2) is 4.85. The average molecular weight is 218 g/mol. The van der Waals surface area contributed by atoms with Gasteiger partial charge in [-0.15, -0.1) is 0 Å². The van der Waals surface area contributed by atoms with E-state index in [1.165, 1.54) is 5.57 Å². The van der Waals surface area contributed by atoms with Crippen LogP contribution in [0.1, 0.15) is 12.6 Å². The fourth-order valence-electron chi connectivity index (χ4n) is 1.41. The molecule has 0 spiro atoms. The highest BCUT2D eigenvalue weighted by Gasteiger charge is 2.15. The molecular formula is C11H14N4O. The fourth-order valence-corrected chi connectivity index (χ4v) is 1.41. The molecule has 0 aromatic carbocycles. The summed E-state index contributed by atoms with van der Waals surface area (Å²) in [6.45, 7) is 3.92. The van der Waals surface area contributed by atoms with Crippen LogP contribution in [0.2, 0.25) is 0 Å². The van der Waals surface area contributed by atoms with Gasteiger partial charge in [-0.2, -0.15) is 10.2 Å². The van der Waals surface area contributed by atoms with Crippen LogP contribution in [-0.2, 0) is 11.3 Å². The normalized spacial score (nSPS) is 14.2. The van der Waals surface area contributed by atoms with Gasteiger partial charge in [-0.25, -0.2) is 0 Å². The van der Waals surface area contributed by atoms with Gasteiger partial charge in [0.1, 0.15) is 0 Å². The lowest BCUT2D eigenvalue weighted by molar-refractivity contribution is -0.117. The highest BCUT2D eigenvalue weighted by Crippen LogP contribution is 2.08. The maximum atomic E-state index is 11.7. The molecule has 0 bridgehead atoms. The molecule has 84 valence electrons. The Morgan fingerprint density at radius 1 is 1.56 bits per heavy atom. The summed E-state index contributed by atoms with van der Waals surface area (Å²) in [7, 11) is 0. The number of amides is 1. The minimum Gasteiger partial charge on any atom is -0.347 e. The van der Waals surface area contributed by atoms with E-state index in [0.29, 0.717) is 6.54 Å². The zero-order valence-corrected chi connectivity index (χ0v) is 9.16. The van der Waals surface area contributed by atoms with Gasteiger partial charge < -0.3 is 10.6 Å². The Kier molecular flexibility index (Phi) is 3.26. The molecule has 1 aliphatic heterocycles. The Morgan fingerprint density at radius 3 is 2.94 bits per heavy atom. The van der Waals surface area contributed by atoms with Crippen molar-refractivity contribution in [1.29, 1.82) is 0 Å². The molecule has 1 fully saturated rings. The smallest absolute Gasteiger partial charge is 0.247 e. The molecule has 1 aromatic rings. The maximum absolute atomic E-state index is 11.7. The molecule has 5 heteroatoms. The first kappa shape index (κ1) is 10.8. The van der Waals surface area contributed by atoms with Crippen molar-refractivity contribution in [3.63, 3.8) is 0 Å². The van der Waals surface area contributed by atoms with Gasteiger partial charge in [-0.3, -0.25) is 4.79 Å². The van der Waals surface area contributed by atoms with Gasteiger partial charge in [-0.05, 0) is 24.6 Å². The van der Waals surface area contributed by atoms with E-state index in [0.717, 1.165) is 24.4 Å². The standard InChI is InChI=1S/C11H14N4O/c1-8(9-5-12-6-9)11(16)13-7-10-3-2-4-14-15-10/h2-4,12H,5-7H2,1H3,(H,13,16). The Hall–Kier alpha value is -1.75. The molecule has 1 saturated heterocycles. The van der Waals surface area contributed by atoms with Crippen molar-refractivity contribution in [2.75, 3.05) is 13.1 Å². The highest BCUT2D eigenvalue weighted by molar-refractivity contribution is 5.93.